The van der Waals surface area contributed by atoms with Crippen molar-refractivity contribution in [3.05, 3.63) is 34.4 Å². The molecule has 26 heavy (non-hydrogen) atoms. The summed E-state index contributed by atoms with van der Waals surface area (Å²) >= 11 is 0. The first-order valence-corrected chi connectivity index (χ1v) is 6.82. The second-order valence-corrected chi connectivity index (χ2v) is 4.84. The van der Waals surface area contributed by atoms with Crippen LogP contribution in [0.2, 0.25) is 0 Å². The molecular formula is C13H11F6N3O4. The van der Waals surface area contributed by atoms with Gasteiger partial charge in [0, 0.05) is 30.9 Å². The molecule has 0 spiro atoms. The van der Waals surface area contributed by atoms with Crippen LogP contribution in [0.1, 0.15) is 6.42 Å². The summed E-state index contributed by atoms with van der Waals surface area (Å²) < 4.78 is 74.0. The Hall–Kier alpha value is -2.86. The van der Waals surface area contributed by atoms with Gasteiger partial charge in [-0.3, -0.25) is 19.7 Å². The number of non-ortho nitro benzene ring substituents is 1. The number of rotatable bonds is 6. The molecule has 0 unspecified atom stereocenters. The van der Waals surface area contributed by atoms with Gasteiger partial charge in [0.1, 0.15) is 0 Å². The molecule has 7 nitrogen and oxygen atoms in total. The zero-order valence-electron chi connectivity index (χ0n) is 12.7. The van der Waals surface area contributed by atoms with Gasteiger partial charge in [-0.05, 0) is 18.6 Å². The number of halogens is 6. The summed E-state index contributed by atoms with van der Waals surface area (Å²) in [6, 6.07) is 3.54. The zero-order chi connectivity index (χ0) is 20.1. The molecule has 1 aromatic carbocycles. The van der Waals surface area contributed by atoms with E-state index >= 15 is 0 Å². The Morgan fingerprint density at radius 3 is 2.00 bits per heavy atom. The van der Waals surface area contributed by atoms with E-state index in [0.29, 0.717) is 0 Å². The summed E-state index contributed by atoms with van der Waals surface area (Å²) in [4.78, 5) is 32.0. The van der Waals surface area contributed by atoms with E-state index in [1.54, 1.807) is 0 Å². The topological polar surface area (TPSA) is 92.6 Å². The summed E-state index contributed by atoms with van der Waals surface area (Å²) in [5, 5.41) is 12.0. The first-order valence-electron chi connectivity index (χ1n) is 6.82. The van der Waals surface area contributed by atoms with Crippen LogP contribution in [0.15, 0.2) is 24.3 Å². The van der Waals surface area contributed by atoms with E-state index < -0.39 is 54.3 Å². The Morgan fingerprint density at radius 1 is 1.04 bits per heavy atom. The van der Waals surface area contributed by atoms with Crippen molar-refractivity contribution in [3.63, 3.8) is 0 Å². The van der Waals surface area contributed by atoms with Crippen LogP contribution in [0.25, 0.3) is 0 Å². The highest BCUT2D eigenvalue weighted by Gasteiger charge is 2.43. The number of alkyl halides is 6. The van der Waals surface area contributed by atoms with Gasteiger partial charge < -0.3 is 10.2 Å². The van der Waals surface area contributed by atoms with Crippen LogP contribution in [-0.4, -0.2) is 42.2 Å². The lowest BCUT2D eigenvalue weighted by Gasteiger charge is -2.24. The quantitative estimate of drug-likeness (QED) is 0.351. The maximum absolute atomic E-state index is 12.7. The SMILES string of the molecule is O=C(NCCCN(C(=O)C(F)(F)F)c1ccc([N+](=O)[O-])cc1)C(F)(F)F. The van der Waals surface area contributed by atoms with Crippen LogP contribution in [0.3, 0.4) is 0 Å². The lowest BCUT2D eigenvalue weighted by atomic mass is 10.2. The van der Waals surface area contributed by atoms with Gasteiger partial charge in [0.05, 0.1) is 4.92 Å². The Morgan fingerprint density at radius 2 is 1.58 bits per heavy atom. The van der Waals surface area contributed by atoms with Gasteiger partial charge in [0.2, 0.25) is 0 Å². The molecule has 1 aromatic rings. The van der Waals surface area contributed by atoms with Crippen molar-refractivity contribution >= 4 is 23.2 Å². The van der Waals surface area contributed by atoms with Gasteiger partial charge in [-0.2, -0.15) is 26.3 Å². The number of nitro benzene ring substituents is 1. The molecule has 0 aromatic heterocycles. The molecular weight excluding hydrogens is 376 g/mol. The number of nitrogens with zero attached hydrogens (tertiary/aromatic N) is 2. The number of nitro groups is 1. The maximum Gasteiger partial charge on any atom is 0.471 e. The third kappa shape index (κ3) is 5.89. The van der Waals surface area contributed by atoms with Crippen LogP contribution in [-0.2, 0) is 9.59 Å². The molecule has 0 heterocycles. The van der Waals surface area contributed by atoms with Gasteiger partial charge in [0.15, 0.2) is 0 Å². The van der Waals surface area contributed by atoms with Gasteiger partial charge in [0.25, 0.3) is 5.69 Å². The minimum atomic E-state index is -5.27. The second kappa shape index (κ2) is 8.01. The minimum absolute atomic E-state index is 0.212. The third-order valence-corrected chi connectivity index (χ3v) is 2.96. The van der Waals surface area contributed by atoms with Gasteiger partial charge in [-0.25, -0.2) is 0 Å². The average molecular weight is 387 g/mol. The fraction of sp³-hybridized carbons (Fsp3) is 0.385. The largest absolute Gasteiger partial charge is 0.471 e. The van der Waals surface area contributed by atoms with Crippen LogP contribution in [0.5, 0.6) is 0 Å². The highest BCUT2D eigenvalue weighted by atomic mass is 19.4. The second-order valence-electron chi connectivity index (χ2n) is 4.84. The molecule has 0 saturated heterocycles. The van der Waals surface area contributed by atoms with Crippen molar-refractivity contribution < 1.29 is 40.9 Å². The van der Waals surface area contributed by atoms with E-state index in [9.17, 15) is 46.0 Å². The number of nitrogens with one attached hydrogen (secondary N) is 1. The molecule has 144 valence electrons. The number of hydrogen-bond donors (Lipinski definition) is 1. The first kappa shape index (κ1) is 21.2. The van der Waals surface area contributed by atoms with Crippen LogP contribution in [0, 0.1) is 10.1 Å². The van der Waals surface area contributed by atoms with E-state index in [4.69, 9.17) is 0 Å². The molecule has 0 aliphatic carbocycles. The average Bonchev–Trinajstić information content (AvgIpc) is 2.52. The molecule has 2 amide bonds. The lowest BCUT2D eigenvalue weighted by Crippen LogP contribution is -2.43. The van der Waals surface area contributed by atoms with Crippen molar-refractivity contribution in [2.75, 3.05) is 18.0 Å². The summed E-state index contributed by atoms with van der Waals surface area (Å²) in [5.74, 6) is -4.56. The normalized spacial score (nSPS) is 11.8. The molecule has 0 bridgehead atoms. The van der Waals surface area contributed by atoms with Crippen LogP contribution in [0.4, 0.5) is 37.7 Å². The number of anilines is 1. The summed E-state index contributed by atoms with van der Waals surface area (Å²) in [5.41, 5.74) is -0.759. The van der Waals surface area contributed by atoms with Gasteiger partial charge >= 0.3 is 24.2 Å². The van der Waals surface area contributed by atoms with Crippen molar-refractivity contribution in [2.45, 2.75) is 18.8 Å². The van der Waals surface area contributed by atoms with Crippen LogP contribution < -0.4 is 10.2 Å². The molecule has 1 N–H and O–H groups in total. The number of carbonyl (C=O) groups excluding carboxylic acids is 2. The molecule has 0 aliphatic rings. The Bertz CT molecular complexity index is 672. The van der Waals surface area contributed by atoms with Crippen molar-refractivity contribution in [3.8, 4) is 0 Å². The van der Waals surface area contributed by atoms with E-state index in [1.165, 1.54) is 5.32 Å². The number of benzene rings is 1. The molecule has 0 saturated carbocycles. The molecule has 13 heteroatoms. The summed E-state index contributed by atoms with van der Waals surface area (Å²) in [6.07, 6.45) is -10.8. The Labute approximate surface area is 141 Å². The van der Waals surface area contributed by atoms with E-state index in [1.807, 2.05) is 0 Å². The van der Waals surface area contributed by atoms with E-state index in [2.05, 4.69) is 0 Å². The predicted molar refractivity (Wildman–Crippen MR) is 75.2 cm³/mol. The van der Waals surface area contributed by atoms with E-state index in [-0.39, 0.29) is 10.6 Å². The van der Waals surface area contributed by atoms with E-state index in [0.717, 1.165) is 24.3 Å². The third-order valence-electron chi connectivity index (χ3n) is 2.96. The predicted octanol–water partition coefficient (Wildman–Crippen LogP) is 2.56. The highest BCUT2D eigenvalue weighted by molar-refractivity contribution is 5.97. The standard InChI is InChI=1S/C13H11F6N3O4/c14-12(15,16)10(23)20-6-1-7-21(11(24)13(17,18)19)8-2-4-9(5-3-8)22(25)26/h2-5H,1,6-7H2,(H,20,23). The monoisotopic (exact) mass is 387 g/mol. The van der Waals surface area contributed by atoms with Crippen LogP contribution >= 0.6 is 0 Å². The fourth-order valence-electron chi connectivity index (χ4n) is 1.79. The van der Waals surface area contributed by atoms with Gasteiger partial charge in [-0.15, -0.1) is 0 Å². The molecule has 1 rings (SSSR count). The smallest absolute Gasteiger partial charge is 0.348 e. The highest BCUT2D eigenvalue weighted by Crippen LogP contribution is 2.25. The van der Waals surface area contributed by atoms with Gasteiger partial charge in [-0.1, -0.05) is 0 Å². The van der Waals surface area contributed by atoms with Crippen molar-refractivity contribution in [1.29, 1.82) is 0 Å². The number of hydrogen-bond acceptors (Lipinski definition) is 4. The molecule has 0 radical (unpaired) electrons. The minimum Gasteiger partial charge on any atom is -0.348 e. The first-order chi connectivity index (χ1) is 11.8. The zero-order valence-corrected chi connectivity index (χ0v) is 12.7. The fourth-order valence-corrected chi connectivity index (χ4v) is 1.79. The lowest BCUT2D eigenvalue weighted by molar-refractivity contribution is -0.384. The molecule has 0 fully saturated rings. The number of carbonyl (C=O) groups is 2. The molecule has 0 atom stereocenters. The number of amides is 2. The summed E-state index contributed by atoms with van der Waals surface area (Å²) in [7, 11) is 0. The van der Waals surface area contributed by atoms with Crippen molar-refractivity contribution in [2.24, 2.45) is 0 Å². The Kier molecular flexibility index (Phi) is 6.53. The summed E-state index contributed by atoms with van der Waals surface area (Å²) in [6.45, 7) is -1.30. The molecule has 0 aliphatic heterocycles. The van der Waals surface area contributed by atoms with Crippen molar-refractivity contribution in [1.82, 2.24) is 5.32 Å². The Balaban J connectivity index is 2.85. The maximum atomic E-state index is 12.7.